The van der Waals surface area contributed by atoms with Crippen LogP contribution in [0.1, 0.15) is 18.0 Å². The van der Waals surface area contributed by atoms with Gasteiger partial charge in [0.05, 0.1) is 11.1 Å². The SMILES string of the molecule is CN1C(=O)C[C@@H](N)[C@@H]1c1ccc(Cl)c(F)c1. The molecule has 1 aromatic rings. The number of amides is 1. The van der Waals surface area contributed by atoms with E-state index < -0.39 is 5.82 Å². The van der Waals surface area contributed by atoms with Gasteiger partial charge in [-0.3, -0.25) is 4.79 Å². The number of nitrogens with zero attached hydrogens (tertiary/aromatic N) is 1. The molecule has 1 aliphatic heterocycles. The zero-order chi connectivity index (χ0) is 11.9. The molecule has 1 saturated heterocycles. The molecule has 0 unspecified atom stereocenters. The molecule has 1 aliphatic rings. The third-order valence-electron chi connectivity index (χ3n) is 2.91. The van der Waals surface area contributed by atoms with Gasteiger partial charge in [0, 0.05) is 19.5 Å². The Morgan fingerprint density at radius 3 is 2.75 bits per heavy atom. The maximum atomic E-state index is 13.3. The van der Waals surface area contributed by atoms with Crippen LogP contribution in [0.15, 0.2) is 18.2 Å². The van der Waals surface area contributed by atoms with E-state index in [4.69, 9.17) is 17.3 Å². The lowest BCUT2D eigenvalue weighted by molar-refractivity contribution is -0.127. The van der Waals surface area contributed by atoms with Crippen LogP contribution in [0.4, 0.5) is 4.39 Å². The van der Waals surface area contributed by atoms with Crippen LogP contribution < -0.4 is 5.73 Å². The molecule has 0 aliphatic carbocycles. The summed E-state index contributed by atoms with van der Waals surface area (Å²) in [6, 6.07) is 3.96. The maximum absolute atomic E-state index is 13.3. The Morgan fingerprint density at radius 1 is 1.56 bits per heavy atom. The second kappa shape index (κ2) is 4.03. The standard InChI is InChI=1S/C11H12ClFN2O/c1-15-10(16)5-9(14)11(15)6-2-3-7(12)8(13)4-6/h2-4,9,11H,5,14H2,1H3/t9-,11+/m1/s1. The molecule has 16 heavy (non-hydrogen) atoms. The van der Waals surface area contributed by atoms with Gasteiger partial charge in [-0.2, -0.15) is 0 Å². The number of likely N-dealkylation sites (N-methyl/N-ethyl adjacent to an activating group) is 1. The number of nitrogens with two attached hydrogens (primary N) is 1. The van der Waals surface area contributed by atoms with Crippen molar-refractivity contribution in [2.75, 3.05) is 7.05 Å². The van der Waals surface area contributed by atoms with Crippen LogP contribution >= 0.6 is 11.6 Å². The van der Waals surface area contributed by atoms with Gasteiger partial charge >= 0.3 is 0 Å². The van der Waals surface area contributed by atoms with Crippen LogP contribution in [0.5, 0.6) is 0 Å². The zero-order valence-corrected chi connectivity index (χ0v) is 9.54. The Hall–Kier alpha value is -1.13. The highest BCUT2D eigenvalue weighted by Gasteiger charge is 2.36. The molecule has 86 valence electrons. The number of carbonyl (C=O) groups is 1. The summed E-state index contributed by atoms with van der Waals surface area (Å²) in [7, 11) is 1.67. The number of halogens is 2. The van der Waals surface area contributed by atoms with Gasteiger partial charge in [-0.05, 0) is 17.7 Å². The fourth-order valence-corrected chi connectivity index (χ4v) is 2.18. The van der Waals surface area contributed by atoms with Crippen molar-refractivity contribution in [3.63, 3.8) is 0 Å². The second-order valence-corrected chi connectivity index (χ2v) is 4.40. The monoisotopic (exact) mass is 242 g/mol. The minimum atomic E-state index is -0.487. The lowest BCUT2D eigenvalue weighted by atomic mass is 10.0. The largest absolute Gasteiger partial charge is 0.337 e. The summed E-state index contributed by atoms with van der Waals surface area (Å²) in [5.41, 5.74) is 6.55. The number of rotatable bonds is 1. The highest BCUT2D eigenvalue weighted by Crippen LogP contribution is 2.31. The zero-order valence-electron chi connectivity index (χ0n) is 8.78. The Labute approximate surface area is 98.0 Å². The molecule has 0 radical (unpaired) electrons. The molecule has 1 aromatic carbocycles. The Morgan fingerprint density at radius 2 is 2.25 bits per heavy atom. The van der Waals surface area contributed by atoms with Crippen molar-refractivity contribution in [1.29, 1.82) is 0 Å². The van der Waals surface area contributed by atoms with Crippen LogP contribution in [0.2, 0.25) is 5.02 Å². The first-order valence-corrected chi connectivity index (χ1v) is 5.34. The lowest BCUT2D eigenvalue weighted by Crippen LogP contribution is -2.30. The van der Waals surface area contributed by atoms with E-state index in [9.17, 15) is 9.18 Å². The Kier molecular flexibility index (Phi) is 2.86. The quantitative estimate of drug-likeness (QED) is 0.815. The summed E-state index contributed by atoms with van der Waals surface area (Å²) in [5.74, 6) is -0.507. The molecule has 2 N–H and O–H groups in total. The van der Waals surface area contributed by atoms with Crippen molar-refractivity contribution >= 4 is 17.5 Å². The van der Waals surface area contributed by atoms with E-state index in [1.807, 2.05) is 0 Å². The average molecular weight is 243 g/mol. The highest BCUT2D eigenvalue weighted by molar-refractivity contribution is 6.30. The fourth-order valence-electron chi connectivity index (χ4n) is 2.07. The molecule has 1 heterocycles. The molecule has 1 fully saturated rings. The van der Waals surface area contributed by atoms with E-state index in [2.05, 4.69) is 0 Å². The van der Waals surface area contributed by atoms with E-state index in [-0.39, 0.29) is 23.0 Å². The van der Waals surface area contributed by atoms with Gasteiger partial charge in [0.2, 0.25) is 5.91 Å². The van der Waals surface area contributed by atoms with E-state index in [1.54, 1.807) is 18.0 Å². The lowest BCUT2D eigenvalue weighted by Gasteiger charge is -2.23. The van der Waals surface area contributed by atoms with Crippen LogP contribution in [0.3, 0.4) is 0 Å². The van der Waals surface area contributed by atoms with Crippen LogP contribution in [-0.4, -0.2) is 23.9 Å². The summed E-state index contributed by atoms with van der Waals surface area (Å²) in [6.07, 6.45) is 0.297. The van der Waals surface area contributed by atoms with Gasteiger partial charge in [0.25, 0.3) is 0 Å². The molecule has 0 aromatic heterocycles. The van der Waals surface area contributed by atoms with Gasteiger partial charge < -0.3 is 10.6 Å². The topological polar surface area (TPSA) is 46.3 Å². The molecule has 2 rings (SSSR count). The summed E-state index contributed by atoms with van der Waals surface area (Å²) in [6.45, 7) is 0. The van der Waals surface area contributed by atoms with Gasteiger partial charge in [0.1, 0.15) is 5.82 Å². The molecule has 5 heteroatoms. The van der Waals surface area contributed by atoms with E-state index >= 15 is 0 Å². The first kappa shape index (κ1) is 11.4. The van der Waals surface area contributed by atoms with E-state index in [0.29, 0.717) is 12.0 Å². The molecule has 2 atom stereocenters. The molecule has 0 bridgehead atoms. The maximum Gasteiger partial charge on any atom is 0.224 e. The van der Waals surface area contributed by atoms with Crippen molar-refractivity contribution in [3.05, 3.63) is 34.6 Å². The minimum Gasteiger partial charge on any atom is -0.337 e. The summed E-state index contributed by atoms with van der Waals surface area (Å²) in [4.78, 5) is 13.0. The number of carbonyl (C=O) groups excluding carboxylic acids is 1. The molecule has 0 spiro atoms. The van der Waals surface area contributed by atoms with Crippen molar-refractivity contribution < 1.29 is 9.18 Å². The summed E-state index contributed by atoms with van der Waals surface area (Å²) >= 11 is 5.60. The molecule has 3 nitrogen and oxygen atoms in total. The van der Waals surface area contributed by atoms with Crippen LogP contribution in [0.25, 0.3) is 0 Å². The molecular formula is C11H12ClFN2O. The third kappa shape index (κ3) is 1.79. The van der Waals surface area contributed by atoms with Crippen LogP contribution in [-0.2, 0) is 4.79 Å². The number of hydrogen-bond acceptors (Lipinski definition) is 2. The second-order valence-electron chi connectivity index (χ2n) is 3.99. The first-order chi connectivity index (χ1) is 7.50. The molecular weight excluding hydrogens is 231 g/mol. The van der Waals surface area contributed by atoms with E-state index in [0.717, 1.165) is 0 Å². The van der Waals surface area contributed by atoms with E-state index in [1.165, 1.54) is 12.1 Å². The predicted molar refractivity (Wildman–Crippen MR) is 59.5 cm³/mol. The highest BCUT2D eigenvalue weighted by atomic mass is 35.5. The van der Waals surface area contributed by atoms with Crippen molar-refractivity contribution in [2.45, 2.75) is 18.5 Å². The van der Waals surface area contributed by atoms with Crippen molar-refractivity contribution in [2.24, 2.45) is 5.73 Å². The average Bonchev–Trinajstić information content (AvgIpc) is 2.47. The fraction of sp³-hybridized carbons (Fsp3) is 0.364. The normalized spacial score (nSPS) is 25.2. The smallest absolute Gasteiger partial charge is 0.224 e. The minimum absolute atomic E-state index is 0.0205. The van der Waals surface area contributed by atoms with Gasteiger partial charge in [-0.15, -0.1) is 0 Å². The van der Waals surface area contributed by atoms with Gasteiger partial charge in [-0.25, -0.2) is 4.39 Å². The molecule has 1 amide bonds. The predicted octanol–water partition coefficient (Wildman–Crippen LogP) is 1.71. The van der Waals surface area contributed by atoms with Crippen LogP contribution in [0, 0.1) is 5.82 Å². The van der Waals surface area contributed by atoms with Gasteiger partial charge in [-0.1, -0.05) is 17.7 Å². The Balaban J connectivity index is 2.37. The Bertz CT molecular complexity index is 438. The van der Waals surface area contributed by atoms with Crippen molar-refractivity contribution in [1.82, 2.24) is 4.90 Å². The number of likely N-dealkylation sites (tertiary alicyclic amines) is 1. The molecule has 0 saturated carbocycles. The third-order valence-corrected chi connectivity index (χ3v) is 3.22. The summed E-state index contributed by atoms with van der Waals surface area (Å²) < 4.78 is 13.3. The number of hydrogen-bond donors (Lipinski definition) is 1. The van der Waals surface area contributed by atoms with Crippen molar-refractivity contribution in [3.8, 4) is 0 Å². The number of benzene rings is 1. The summed E-state index contributed by atoms with van der Waals surface area (Å²) in [5, 5.41) is 0.0734. The first-order valence-electron chi connectivity index (χ1n) is 4.97. The van der Waals surface area contributed by atoms with Gasteiger partial charge in [0.15, 0.2) is 0 Å².